The SMILES string of the molecule is CCNC(=S)NC(=O)c1ccc(C)cc1. The third-order valence-corrected chi connectivity index (χ3v) is 2.12. The van der Waals surface area contributed by atoms with Crippen LogP contribution in [0.4, 0.5) is 0 Å². The molecule has 0 unspecified atom stereocenters. The number of amides is 1. The van der Waals surface area contributed by atoms with Crippen molar-refractivity contribution in [1.29, 1.82) is 0 Å². The number of hydrogen-bond acceptors (Lipinski definition) is 2. The minimum atomic E-state index is -0.180. The van der Waals surface area contributed by atoms with Crippen molar-refractivity contribution in [3.63, 3.8) is 0 Å². The van der Waals surface area contributed by atoms with Crippen molar-refractivity contribution in [3.05, 3.63) is 35.4 Å². The first-order valence-electron chi connectivity index (χ1n) is 4.79. The van der Waals surface area contributed by atoms with Gasteiger partial charge in [0.05, 0.1) is 0 Å². The fourth-order valence-corrected chi connectivity index (χ4v) is 1.32. The van der Waals surface area contributed by atoms with E-state index in [2.05, 4.69) is 10.6 Å². The highest BCUT2D eigenvalue weighted by Crippen LogP contribution is 2.02. The number of nitrogens with one attached hydrogen (secondary N) is 2. The first-order valence-corrected chi connectivity index (χ1v) is 5.20. The molecule has 1 rings (SSSR count). The Morgan fingerprint density at radius 3 is 2.47 bits per heavy atom. The van der Waals surface area contributed by atoms with Crippen LogP contribution in [0.5, 0.6) is 0 Å². The van der Waals surface area contributed by atoms with Gasteiger partial charge in [-0.2, -0.15) is 0 Å². The summed E-state index contributed by atoms with van der Waals surface area (Å²) in [6.07, 6.45) is 0. The number of carbonyl (C=O) groups excluding carboxylic acids is 1. The van der Waals surface area contributed by atoms with Crippen LogP contribution in [0.3, 0.4) is 0 Å². The predicted octanol–water partition coefficient (Wildman–Crippen LogP) is 1.62. The quantitative estimate of drug-likeness (QED) is 0.747. The number of thiocarbonyl (C=S) groups is 1. The maximum atomic E-state index is 11.6. The van der Waals surface area contributed by atoms with Crippen LogP contribution in [-0.4, -0.2) is 17.6 Å². The summed E-state index contributed by atoms with van der Waals surface area (Å²) in [4.78, 5) is 11.6. The zero-order chi connectivity index (χ0) is 11.3. The number of rotatable bonds is 2. The van der Waals surface area contributed by atoms with Crippen molar-refractivity contribution in [2.24, 2.45) is 0 Å². The second-order valence-corrected chi connectivity index (χ2v) is 3.59. The van der Waals surface area contributed by atoms with E-state index in [1.807, 2.05) is 26.0 Å². The highest BCUT2D eigenvalue weighted by molar-refractivity contribution is 7.80. The summed E-state index contributed by atoms with van der Waals surface area (Å²) < 4.78 is 0. The van der Waals surface area contributed by atoms with Gasteiger partial charge in [-0.1, -0.05) is 17.7 Å². The molecular weight excluding hydrogens is 208 g/mol. The van der Waals surface area contributed by atoms with Crippen molar-refractivity contribution < 1.29 is 4.79 Å². The second-order valence-electron chi connectivity index (χ2n) is 3.18. The first kappa shape index (κ1) is 11.7. The van der Waals surface area contributed by atoms with E-state index in [1.165, 1.54) is 0 Å². The van der Waals surface area contributed by atoms with Crippen LogP contribution >= 0.6 is 12.2 Å². The smallest absolute Gasteiger partial charge is 0.257 e. The Morgan fingerprint density at radius 2 is 1.93 bits per heavy atom. The summed E-state index contributed by atoms with van der Waals surface area (Å²) >= 11 is 4.91. The summed E-state index contributed by atoms with van der Waals surface area (Å²) in [5.74, 6) is -0.180. The van der Waals surface area contributed by atoms with Gasteiger partial charge in [-0.05, 0) is 38.2 Å². The molecule has 15 heavy (non-hydrogen) atoms. The Kier molecular flexibility index (Phi) is 4.24. The van der Waals surface area contributed by atoms with E-state index >= 15 is 0 Å². The Balaban J connectivity index is 2.61. The monoisotopic (exact) mass is 222 g/mol. The second kappa shape index (κ2) is 5.46. The maximum absolute atomic E-state index is 11.6. The minimum absolute atomic E-state index is 0.180. The van der Waals surface area contributed by atoms with Gasteiger partial charge in [0, 0.05) is 12.1 Å². The van der Waals surface area contributed by atoms with Gasteiger partial charge in [-0.15, -0.1) is 0 Å². The largest absolute Gasteiger partial charge is 0.363 e. The van der Waals surface area contributed by atoms with Gasteiger partial charge in [0.1, 0.15) is 0 Å². The molecule has 2 N–H and O–H groups in total. The average Bonchev–Trinajstić information content (AvgIpc) is 2.18. The first-order chi connectivity index (χ1) is 7.13. The Labute approximate surface area is 94.9 Å². The topological polar surface area (TPSA) is 41.1 Å². The molecule has 0 bridgehead atoms. The molecule has 0 saturated heterocycles. The summed E-state index contributed by atoms with van der Waals surface area (Å²) in [5, 5.41) is 5.82. The van der Waals surface area contributed by atoms with Gasteiger partial charge < -0.3 is 5.32 Å². The molecular formula is C11H14N2OS. The van der Waals surface area contributed by atoms with Gasteiger partial charge >= 0.3 is 0 Å². The molecule has 4 heteroatoms. The fraction of sp³-hybridized carbons (Fsp3) is 0.273. The van der Waals surface area contributed by atoms with E-state index in [4.69, 9.17) is 12.2 Å². The van der Waals surface area contributed by atoms with E-state index in [0.29, 0.717) is 17.2 Å². The zero-order valence-electron chi connectivity index (χ0n) is 8.83. The van der Waals surface area contributed by atoms with Crippen LogP contribution in [0.1, 0.15) is 22.8 Å². The molecule has 3 nitrogen and oxygen atoms in total. The number of hydrogen-bond donors (Lipinski definition) is 2. The van der Waals surface area contributed by atoms with Gasteiger partial charge in [-0.25, -0.2) is 0 Å². The highest BCUT2D eigenvalue weighted by Gasteiger charge is 2.05. The zero-order valence-corrected chi connectivity index (χ0v) is 9.65. The molecule has 0 saturated carbocycles. The standard InChI is InChI=1S/C11H14N2OS/c1-3-12-11(15)13-10(14)9-6-4-8(2)5-7-9/h4-7H,3H2,1-2H3,(H2,12,13,14,15). The van der Waals surface area contributed by atoms with Gasteiger partial charge in [-0.3, -0.25) is 10.1 Å². The van der Waals surface area contributed by atoms with Crippen LogP contribution in [0.15, 0.2) is 24.3 Å². The van der Waals surface area contributed by atoms with Gasteiger partial charge in [0.15, 0.2) is 5.11 Å². The summed E-state index contributed by atoms with van der Waals surface area (Å²) in [7, 11) is 0. The summed E-state index contributed by atoms with van der Waals surface area (Å²) in [6, 6.07) is 7.34. The summed E-state index contributed by atoms with van der Waals surface area (Å²) in [5.41, 5.74) is 1.74. The van der Waals surface area contributed by atoms with E-state index in [1.54, 1.807) is 12.1 Å². The molecule has 0 aliphatic rings. The lowest BCUT2D eigenvalue weighted by atomic mass is 10.1. The average molecular weight is 222 g/mol. The Bertz CT molecular complexity index is 359. The van der Waals surface area contributed by atoms with Gasteiger partial charge in [0.25, 0.3) is 5.91 Å². The summed E-state index contributed by atoms with van der Waals surface area (Å²) in [6.45, 7) is 4.60. The molecule has 1 amide bonds. The Hall–Kier alpha value is -1.42. The van der Waals surface area contributed by atoms with Crippen LogP contribution in [0.2, 0.25) is 0 Å². The normalized spacial score (nSPS) is 9.47. The van der Waals surface area contributed by atoms with Crippen molar-refractivity contribution in [3.8, 4) is 0 Å². The fourth-order valence-electron chi connectivity index (χ4n) is 1.08. The van der Waals surface area contributed by atoms with E-state index in [0.717, 1.165) is 5.56 Å². The minimum Gasteiger partial charge on any atom is -0.363 e. The predicted molar refractivity (Wildman–Crippen MR) is 64.9 cm³/mol. The Morgan fingerprint density at radius 1 is 1.33 bits per heavy atom. The van der Waals surface area contributed by atoms with Crippen LogP contribution in [-0.2, 0) is 0 Å². The molecule has 80 valence electrons. The number of carbonyl (C=O) groups is 1. The third-order valence-electron chi connectivity index (χ3n) is 1.88. The maximum Gasteiger partial charge on any atom is 0.257 e. The van der Waals surface area contributed by atoms with Crippen LogP contribution < -0.4 is 10.6 Å². The van der Waals surface area contributed by atoms with Crippen molar-refractivity contribution in [2.75, 3.05) is 6.54 Å². The molecule has 0 spiro atoms. The number of benzene rings is 1. The van der Waals surface area contributed by atoms with Crippen molar-refractivity contribution in [1.82, 2.24) is 10.6 Å². The van der Waals surface area contributed by atoms with E-state index in [-0.39, 0.29) is 5.91 Å². The lowest BCUT2D eigenvalue weighted by molar-refractivity contribution is 0.0977. The van der Waals surface area contributed by atoms with Crippen molar-refractivity contribution in [2.45, 2.75) is 13.8 Å². The molecule has 1 aromatic rings. The molecule has 0 radical (unpaired) electrons. The molecule has 0 aliphatic heterocycles. The van der Waals surface area contributed by atoms with Crippen LogP contribution in [0, 0.1) is 6.92 Å². The molecule has 0 heterocycles. The molecule has 1 aromatic carbocycles. The molecule has 0 atom stereocenters. The van der Waals surface area contributed by atoms with Gasteiger partial charge in [0.2, 0.25) is 0 Å². The van der Waals surface area contributed by atoms with E-state index < -0.39 is 0 Å². The third kappa shape index (κ3) is 3.67. The number of aryl methyl sites for hydroxylation is 1. The molecule has 0 aromatic heterocycles. The lowest BCUT2D eigenvalue weighted by Crippen LogP contribution is -2.38. The molecule has 0 aliphatic carbocycles. The van der Waals surface area contributed by atoms with Crippen LogP contribution in [0.25, 0.3) is 0 Å². The highest BCUT2D eigenvalue weighted by atomic mass is 32.1. The van der Waals surface area contributed by atoms with E-state index in [9.17, 15) is 4.79 Å². The van der Waals surface area contributed by atoms with Crippen molar-refractivity contribution >= 4 is 23.2 Å². The molecule has 0 fully saturated rings. The lowest BCUT2D eigenvalue weighted by Gasteiger charge is -2.07.